The molecule has 9 heteroatoms. The summed E-state index contributed by atoms with van der Waals surface area (Å²) in [7, 11) is 1.20. The Kier molecular flexibility index (Phi) is 3.80. The van der Waals surface area contributed by atoms with Crippen LogP contribution >= 0.6 is 0 Å². The number of hydrogen-bond acceptors (Lipinski definition) is 8. The van der Waals surface area contributed by atoms with E-state index in [1.54, 1.807) is 0 Å². The standard InChI is InChI=1S/C11H9N5O4/c1-20-11(17)8-2-3-9(16(18)19)10(15-8)14-7-4-12-6-13-5-7/h2-6H,1H3,(H,14,15). The Morgan fingerprint density at radius 2 is 2.05 bits per heavy atom. The molecule has 0 bridgehead atoms. The zero-order valence-electron chi connectivity index (χ0n) is 10.3. The molecule has 0 aliphatic heterocycles. The van der Waals surface area contributed by atoms with Gasteiger partial charge in [0, 0.05) is 6.07 Å². The number of esters is 1. The van der Waals surface area contributed by atoms with Crippen molar-refractivity contribution in [3.05, 3.63) is 46.7 Å². The molecule has 2 rings (SSSR count). The SMILES string of the molecule is COC(=O)c1ccc([N+](=O)[O-])c(Nc2cncnc2)n1. The van der Waals surface area contributed by atoms with Gasteiger partial charge < -0.3 is 10.1 Å². The van der Waals surface area contributed by atoms with Crippen molar-refractivity contribution in [2.24, 2.45) is 0 Å². The number of carbonyl (C=O) groups is 1. The smallest absolute Gasteiger partial charge is 0.356 e. The summed E-state index contributed by atoms with van der Waals surface area (Å²) in [6, 6.07) is 2.39. The average molecular weight is 275 g/mol. The highest BCUT2D eigenvalue weighted by Crippen LogP contribution is 2.25. The fourth-order valence-electron chi connectivity index (χ4n) is 1.41. The molecule has 0 aliphatic carbocycles. The largest absolute Gasteiger partial charge is 0.464 e. The van der Waals surface area contributed by atoms with Crippen LogP contribution in [0.4, 0.5) is 17.2 Å². The van der Waals surface area contributed by atoms with E-state index in [1.807, 2.05) is 0 Å². The van der Waals surface area contributed by atoms with Crippen molar-refractivity contribution < 1.29 is 14.5 Å². The van der Waals surface area contributed by atoms with Gasteiger partial charge >= 0.3 is 11.7 Å². The molecule has 9 nitrogen and oxygen atoms in total. The van der Waals surface area contributed by atoms with Gasteiger partial charge in [-0.3, -0.25) is 10.1 Å². The molecular weight excluding hydrogens is 266 g/mol. The first-order valence-corrected chi connectivity index (χ1v) is 5.37. The second-order valence-corrected chi connectivity index (χ2v) is 3.57. The van der Waals surface area contributed by atoms with Crippen molar-refractivity contribution in [1.29, 1.82) is 0 Å². The molecule has 0 radical (unpaired) electrons. The van der Waals surface area contributed by atoms with Gasteiger partial charge in [-0.1, -0.05) is 0 Å². The molecule has 0 unspecified atom stereocenters. The maximum absolute atomic E-state index is 11.4. The molecule has 1 N–H and O–H groups in total. The molecule has 2 heterocycles. The Morgan fingerprint density at radius 3 is 2.65 bits per heavy atom. The average Bonchev–Trinajstić information content (AvgIpc) is 2.47. The first-order chi connectivity index (χ1) is 9.61. The van der Waals surface area contributed by atoms with E-state index in [4.69, 9.17) is 0 Å². The number of ether oxygens (including phenoxy) is 1. The van der Waals surface area contributed by atoms with Gasteiger partial charge in [0.25, 0.3) is 0 Å². The van der Waals surface area contributed by atoms with Crippen LogP contribution in [0.5, 0.6) is 0 Å². The number of carbonyl (C=O) groups excluding carboxylic acids is 1. The van der Waals surface area contributed by atoms with Crippen LogP contribution in [0, 0.1) is 10.1 Å². The Labute approximate surface area is 112 Å². The van der Waals surface area contributed by atoms with Crippen LogP contribution in [0.2, 0.25) is 0 Å². The van der Waals surface area contributed by atoms with Crippen molar-refractivity contribution in [1.82, 2.24) is 15.0 Å². The summed E-state index contributed by atoms with van der Waals surface area (Å²) >= 11 is 0. The molecule has 0 spiro atoms. The van der Waals surface area contributed by atoms with Crippen molar-refractivity contribution in [3.63, 3.8) is 0 Å². The summed E-state index contributed by atoms with van der Waals surface area (Å²) < 4.78 is 4.52. The first kappa shape index (κ1) is 13.3. The van der Waals surface area contributed by atoms with Crippen molar-refractivity contribution in [2.75, 3.05) is 12.4 Å². The molecule has 2 aromatic rings. The highest BCUT2D eigenvalue weighted by atomic mass is 16.6. The fraction of sp³-hybridized carbons (Fsp3) is 0.0909. The first-order valence-electron chi connectivity index (χ1n) is 5.37. The molecule has 2 aromatic heterocycles. The second kappa shape index (κ2) is 5.69. The third kappa shape index (κ3) is 2.83. The van der Waals surface area contributed by atoms with Gasteiger partial charge in [-0.05, 0) is 6.07 Å². The van der Waals surface area contributed by atoms with E-state index >= 15 is 0 Å². The molecule has 0 fully saturated rings. The molecule has 0 atom stereocenters. The number of rotatable bonds is 4. The lowest BCUT2D eigenvalue weighted by molar-refractivity contribution is -0.384. The van der Waals surface area contributed by atoms with Gasteiger partial charge in [0.2, 0.25) is 5.82 Å². The number of nitro groups is 1. The maximum atomic E-state index is 11.4. The normalized spacial score (nSPS) is 9.85. The quantitative estimate of drug-likeness (QED) is 0.503. The van der Waals surface area contributed by atoms with E-state index in [1.165, 1.54) is 38.0 Å². The molecule has 0 saturated heterocycles. The predicted molar refractivity (Wildman–Crippen MR) is 67.5 cm³/mol. The van der Waals surface area contributed by atoms with E-state index in [9.17, 15) is 14.9 Å². The maximum Gasteiger partial charge on any atom is 0.356 e. The molecule has 20 heavy (non-hydrogen) atoms. The summed E-state index contributed by atoms with van der Waals surface area (Å²) in [6.07, 6.45) is 4.16. The molecular formula is C11H9N5O4. The number of anilines is 2. The Hall–Kier alpha value is -3.10. The van der Waals surface area contributed by atoms with Crippen LogP contribution in [-0.4, -0.2) is 33.0 Å². The van der Waals surface area contributed by atoms with Gasteiger partial charge in [-0.2, -0.15) is 0 Å². The number of hydrogen-bond donors (Lipinski definition) is 1. The lowest BCUT2D eigenvalue weighted by atomic mass is 10.3. The third-order valence-electron chi connectivity index (χ3n) is 2.29. The third-order valence-corrected chi connectivity index (χ3v) is 2.29. The minimum Gasteiger partial charge on any atom is -0.464 e. The van der Waals surface area contributed by atoms with E-state index < -0.39 is 10.9 Å². The number of nitrogens with zero attached hydrogens (tertiary/aromatic N) is 4. The predicted octanol–water partition coefficient (Wildman–Crippen LogP) is 1.31. The zero-order valence-corrected chi connectivity index (χ0v) is 10.3. The highest BCUT2D eigenvalue weighted by molar-refractivity contribution is 5.88. The van der Waals surface area contributed by atoms with Gasteiger partial charge in [0.05, 0.1) is 30.1 Å². The van der Waals surface area contributed by atoms with Crippen LogP contribution in [0.1, 0.15) is 10.5 Å². The van der Waals surface area contributed by atoms with E-state index in [-0.39, 0.29) is 17.2 Å². The number of nitrogens with one attached hydrogen (secondary N) is 1. The molecule has 0 amide bonds. The molecule has 0 saturated carbocycles. The summed E-state index contributed by atoms with van der Waals surface area (Å²) in [5.74, 6) is -0.778. The van der Waals surface area contributed by atoms with Crippen LogP contribution in [0.15, 0.2) is 30.9 Å². The molecule has 0 aliphatic rings. The monoisotopic (exact) mass is 275 g/mol. The van der Waals surface area contributed by atoms with Gasteiger partial charge in [0.1, 0.15) is 6.33 Å². The Balaban J connectivity index is 2.42. The van der Waals surface area contributed by atoms with E-state index in [2.05, 4.69) is 25.0 Å². The van der Waals surface area contributed by atoms with Crippen LogP contribution in [-0.2, 0) is 4.74 Å². The van der Waals surface area contributed by atoms with Crippen LogP contribution in [0.3, 0.4) is 0 Å². The summed E-state index contributed by atoms with van der Waals surface area (Å²) in [5, 5.41) is 13.6. The van der Waals surface area contributed by atoms with Crippen molar-refractivity contribution in [3.8, 4) is 0 Å². The lowest BCUT2D eigenvalue weighted by Crippen LogP contribution is -2.08. The highest BCUT2D eigenvalue weighted by Gasteiger charge is 2.19. The van der Waals surface area contributed by atoms with E-state index in [0.717, 1.165) is 0 Å². The Bertz CT molecular complexity index is 647. The topological polar surface area (TPSA) is 120 Å². The fourth-order valence-corrected chi connectivity index (χ4v) is 1.41. The lowest BCUT2D eigenvalue weighted by Gasteiger charge is -2.06. The van der Waals surface area contributed by atoms with Crippen LogP contribution in [0.25, 0.3) is 0 Å². The number of methoxy groups -OCH3 is 1. The zero-order chi connectivity index (χ0) is 14.5. The second-order valence-electron chi connectivity index (χ2n) is 3.57. The summed E-state index contributed by atoms with van der Waals surface area (Å²) in [6.45, 7) is 0. The van der Waals surface area contributed by atoms with Gasteiger partial charge in [-0.15, -0.1) is 0 Å². The molecule has 102 valence electrons. The summed E-state index contributed by atoms with van der Waals surface area (Å²) in [5.41, 5.74) is 0.0871. The number of pyridine rings is 1. The summed E-state index contributed by atoms with van der Waals surface area (Å²) in [4.78, 5) is 33.1. The van der Waals surface area contributed by atoms with Gasteiger partial charge in [0.15, 0.2) is 5.69 Å². The Morgan fingerprint density at radius 1 is 1.35 bits per heavy atom. The molecule has 0 aromatic carbocycles. The van der Waals surface area contributed by atoms with Crippen molar-refractivity contribution >= 4 is 23.2 Å². The minimum atomic E-state index is -0.688. The van der Waals surface area contributed by atoms with Crippen LogP contribution < -0.4 is 5.32 Å². The van der Waals surface area contributed by atoms with Crippen molar-refractivity contribution in [2.45, 2.75) is 0 Å². The minimum absolute atomic E-state index is 0.0440. The van der Waals surface area contributed by atoms with E-state index in [0.29, 0.717) is 5.69 Å². The number of aromatic nitrogens is 3. The van der Waals surface area contributed by atoms with Gasteiger partial charge in [-0.25, -0.2) is 19.7 Å².